The smallest absolute Gasteiger partial charge is 0.244 e. The minimum atomic E-state index is -3.82. The zero-order valence-electron chi connectivity index (χ0n) is 18.5. The van der Waals surface area contributed by atoms with Gasteiger partial charge in [0.25, 0.3) is 0 Å². The lowest BCUT2D eigenvalue weighted by Gasteiger charge is -2.15. The maximum absolute atomic E-state index is 12.7. The maximum atomic E-state index is 12.7. The van der Waals surface area contributed by atoms with E-state index >= 15 is 0 Å². The number of nitrogens with one attached hydrogen (secondary N) is 2. The molecule has 3 aromatic rings. The van der Waals surface area contributed by atoms with Crippen molar-refractivity contribution in [3.63, 3.8) is 0 Å². The molecule has 0 radical (unpaired) electrons. The van der Waals surface area contributed by atoms with E-state index in [1.165, 1.54) is 24.3 Å². The Bertz CT molecular complexity index is 1430. The fraction of sp³-hybridized carbons (Fsp3) is 0.318. The van der Waals surface area contributed by atoms with Gasteiger partial charge in [-0.2, -0.15) is 0 Å². The first-order valence-corrected chi connectivity index (χ1v) is 13.4. The van der Waals surface area contributed by atoms with Crippen molar-refractivity contribution in [1.29, 1.82) is 0 Å². The average molecular weight is 492 g/mol. The number of hydrogen-bond donors (Lipinski definition) is 2. The number of sulfonamides is 2. The first-order chi connectivity index (χ1) is 15.5. The molecule has 2 N–H and O–H groups in total. The van der Waals surface area contributed by atoms with E-state index in [-0.39, 0.29) is 22.9 Å². The molecule has 9 nitrogen and oxygen atoms in total. The maximum Gasteiger partial charge on any atom is 0.244 e. The number of methoxy groups -OCH3 is 1. The Labute approximate surface area is 192 Å². The number of carbonyl (C=O) groups is 1. The van der Waals surface area contributed by atoms with Crippen molar-refractivity contribution in [2.75, 3.05) is 23.7 Å². The summed E-state index contributed by atoms with van der Waals surface area (Å²) in [5.41, 5.74) is 3.02. The number of carbonyl (C=O) groups excluding carboxylic acids is 1. The molecular formula is C22H25N3O6S2. The van der Waals surface area contributed by atoms with Crippen LogP contribution in [0.15, 0.2) is 47.4 Å². The number of H-pyrrole nitrogens is 1. The van der Waals surface area contributed by atoms with Crippen LogP contribution < -0.4 is 13.8 Å². The Kier molecular flexibility index (Phi) is 5.97. The van der Waals surface area contributed by atoms with Crippen LogP contribution in [-0.2, 0) is 31.3 Å². The minimum Gasteiger partial charge on any atom is -0.497 e. The van der Waals surface area contributed by atoms with Crippen LogP contribution in [0.5, 0.6) is 5.75 Å². The van der Waals surface area contributed by atoms with Gasteiger partial charge in [0.15, 0.2) is 0 Å². The largest absolute Gasteiger partial charge is 0.497 e. The van der Waals surface area contributed by atoms with Gasteiger partial charge in [0.1, 0.15) is 5.75 Å². The summed E-state index contributed by atoms with van der Waals surface area (Å²) in [6.07, 6.45) is 0.467. The summed E-state index contributed by atoms with van der Waals surface area (Å²) in [6, 6.07) is 10.9. The molecule has 1 unspecified atom stereocenters. The second-order valence-corrected chi connectivity index (χ2v) is 11.7. The van der Waals surface area contributed by atoms with E-state index < -0.39 is 31.9 Å². The molecule has 11 heteroatoms. The molecule has 4 rings (SSSR count). The van der Waals surface area contributed by atoms with Crippen LogP contribution in [0.3, 0.4) is 0 Å². The fourth-order valence-corrected chi connectivity index (χ4v) is 6.90. The number of ether oxygens (including phenoxy) is 1. The van der Waals surface area contributed by atoms with Gasteiger partial charge in [0.2, 0.25) is 26.0 Å². The molecule has 1 atom stereocenters. The fourth-order valence-electron chi connectivity index (χ4n) is 4.05. The van der Waals surface area contributed by atoms with E-state index in [0.29, 0.717) is 6.42 Å². The highest BCUT2D eigenvalue weighted by molar-refractivity contribution is 7.94. The van der Waals surface area contributed by atoms with Crippen molar-refractivity contribution in [3.8, 4) is 5.75 Å². The van der Waals surface area contributed by atoms with Gasteiger partial charge in [-0.05, 0) is 61.4 Å². The van der Waals surface area contributed by atoms with Crippen molar-refractivity contribution < 1.29 is 26.4 Å². The molecule has 2 heterocycles. The third-order valence-corrected chi connectivity index (χ3v) is 9.08. The molecule has 1 aliphatic heterocycles. The van der Waals surface area contributed by atoms with E-state index in [2.05, 4.69) is 9.71 Å². The Morgan fingerprint density at radius 1 is 1.18 bits per heavy atom. The molecular weight excluding hydrogens is 466 g/mol. The summed E-state index contributed by atoms with van der Waals surface area (Å²) in [4.78, 5) is 15.5. The molecule has 2 aromatic carbocycles. The Hall–Kier alpha value is -2.89. The lowest BCUT2D eigenvalue weighted by Crippen LogP contribution is -2.30. The molecule has 1 fully saturated rings. The molecule has 0 spiro atoms. The highest BCUT2D eigenvalue weighted by atomic mass is 32.2. The standard InChI is InChI=1S/C22H25N3O6S2/c1-14-13-32(27,28)25(22(14)26)16-4-7-18(8-5-16)33(29,30)23-11-10-19-15(2)24-21-9-6-17(31-3)12-20(19)21/h4-9,12,14,23-24H,10-11,13H2,1-3H3. The van der Waals surface area contributed by atoms with Crippen LogP contribution in [0.1, 0.15) is 18.2 Å². The minimum absolute atomic E-state index is 0.0133. The van der Waals surface area contributed by atoms with Crippen molar-refractivity contribution in [1.82, 2.24) is 9.71 Å². The molecule has 0 bridgehead atoms. The number of amides is 1. The second-order valence-electron chi connectivity index (χ2n) is 8.06. The summed E-state index contributed by atoms with van der Waals surface area (Å²) in [5, 5.41) is 0.973. The van der Waals surface area contributed by atoms with Crippen LogP contribution in [-0.4, -0.2) is 47.1 Å². The number of aromatic nitrogens is 1. The monoisotopic (exact) mass is 491 g/mol. The number of aryl methyl sites for hydroxylation is 1. The molecule has 1 aliphatic rings. The summed E-state index contributed by atoms with van der Waals surface area (Å²) in [5.74, 6) is -0.689. The van der Waals surface area contributed by atoms with Crippen LogP contribution >= 0.6 is 0 Å². The van der Waals surface area contributed by atoms with Gasteiger partial charge < -0.3 is 9.72 Å². The Morgan fingerprint density at radius 2 is 1.88 bits per heavy atom. The summed E-state index contributed by atoms with van der Waals surface area (Å²) in [6.45, 7) is 3.66. The number of benzene rings is 2. The van der Waals surface area contributed by atoms with Gasteiger partial charge in [-0.15, -0.1) is 0 Å². The SMILES string of the molecule is COc1ccc2[nH]c(C)c(CCNS(=O)(=O)c3ccc(N4C(=O)C(C)CS4(=O)=O)cc3)c2c1. The third kappa shape index (κ3) is 4.35. The van der Waals surface area contributed by atoms with Gasteiger partial charge in [0.05, 0.1) is 29.4 Å². The predicted octanol–water partition coefficient (Wildman–Crippen LogP) is 2.32. The van der Waals surface area contributed by atoms with E-state index in [1.807, 2.05) is 25.1 Å². The highest BCUT2D eigenvalue weighted by Gasteiger charge is 2.41. The number of fused-ring (bicyclic) bond motifs is 1. The lowest BCUT2D eigenvalue weighted by molar-refractivity contribution is -0.119. The van der Waals surface area contributed by atoms with Gasteiger partial charge in [0, 0.05) is 23.1 Å². The first-order valence-electron chi connectivity index (χ1n) is 10.4. The van der Waals surface area contributed by atoms with Crippen molar-refractivity contribution in [2.45, 2.75) is 25.2 Å². The molecule has 1 aromatic heterocycles. The van der Waals surface area contributed by atoms with Crippen LogP contribution in [0.2, 0.25) is 0 Å². The Morgan fingerprint density at radius 3 is 2.48 bits per heavy atom. The first kappa shape index (κ1) is 23.3. The summed E-state index contributed by atoms with van der Waals surface area (Å²) in [7, 11) is -5.98. The topological polar surface area (TPSA) is 126 Å². The summed E-state index contributed by atoms with van der Waals surface area (Å²) < 4.78 is 58.6. The Balaban J connectivity index is 1.48. The normalized spacial score (nSPS) is 18.2. The van der Waals surface area contributed by atoms with E-state index in [4.69, 9.17) is 4.74 Å². The second kappa shape index (κ2) is 8.47. The van der Waals surface area contributed by atoms with Gasteiger partial charge in [-0.1, -0.05) is 6.92 Å². The van der Waals surface area contributed by atoms with E-state index in [9.17, 15) is 21.6 Å². The zero-order chi connectivity index (χ0) is 24.0. The van der Waals surface area contributed by atoms with Crippen molar-refractivity contribution >= 4 is 42.5 Å². The number of anilines is 1. The highest BCUT2D eigenvalue weighted by Crippen LogP contribution is 2.29. The molecule has 0 aliphatic carbocycles. The third-order valence-electron chi connectivity index (χ3n) is 5.74. The number of hydrogen-bond acceptors (Lipinski definition) is 6. The van der Waals surface area contributed by atoms with E-state index in [1.54, 1.807) is 14.0 Å². The molecule has 33 heavy (non-hydrogen) atoms. The predicted molar refractivity (Wildman–Crippen MR) is 125 cm³/mol. The number of nitrogens with zero attached hydrogens (tertiary/aromatic N) is 1. The lowest BCUT2D eigenvalue weighted by atomic mass is 10.1. The van der Waals surface area contributed by atoms with Crippen molar-refractivity contribution in [2.24, 2.45) is 5.92 Å². The molecule has 1 amide bonds. The number of aromatic amines is 1. The molecule has 0 saturated carbocycles. The summed E-state index contributed by atoms with van der Waals surface area (Å²) >= 11 is 0. The zero-order valence-corrected chi connectivity index (χ0v) is 20.1. The molecule has 176 valence electrons. The van der Waals surface area contributed by atoms with Gasteiger partial charge >= 0.3 is 0 Å². The average Bonchev–Trinajstić information content (AvgIpc) is 3.18. The molecule has 1 saturated heterocycles. The van der Waals surface area contributed by atoms with Gasteiger partial charge in [-0.3, -0.25) is 4.79 Å². The van der Waals surface area contributed by atoms with Gasteiger partial charge in [-0.25, -0.2) is 25.9 Å². The van der Waals surface area contributed by atoms with Crippen molar-refractivity contribution in [3.05, 3.63) is 53.7 Å². The van der Waals surface area contributed by atoms with Crippen LogP contribution in [0.4, 0.5) is 5.69 Å². The van der Waals surface area contributed by atoms with Crippen LogP contribution in [0.25, 0.3) is 10.9 Å². The van der Waals surface area contributed by atoms with Crippen LogP contribution in [0, 0.1) is 12.8 Å². The van der Waals surface area contributed by atoms with E-state index in [0.717, 1.165) is 32.2 Å². The quantitative estimate of drug-likeness (QED) is 0.522. The number of rotatable bonds is 7.